The van der Waals surface area contributed by atoms with E-state index in [-0.39, 0.29) is 11.1 Å². The summed E-state index contributed by atoms with van der Waals surface area (Å²) in [5.74, 6) is -1.44. The minimum Gasteiger partial charge on any atom is -0.457 e. The highest BCUT2D eigenvalue weighted by atomic mass is 16.5. The molecule has 1 aromatic heterocycles. The molecule has 0 saturated heterocycles. The molecule has 0 N–H and O–H groups in total. The maximum atomic E-state index is 10.2. The Morgan fingerprint density at radius 3 is 1.84 bits per heavy atom. The van der Waals surface area contributed by atoms with Crippen molar-refractivity contribution in [1.82, 2.24) is 0 Å². The first-order valence-corrected chi connectivity index (χ1v) is 13.9. The topological polar surface area (TPSA) is 22.4 Å². The number of furan rings is 1. The van der Waals surface area contributed by atoms with Crippen LogP contribution < -0.4 is 4.74 Å². The first-order valence-electron chi connectivity index (χ1n) is 23.4. The van der Waals surface area contributed by atoms with E-state index in [4.69, 9.17) is 24.2 Å². The molecule has 8 aromatic rings. The van der Waals surface area contributed by atoms with E-state index in [1.54, 1.807) is 36.4 Å². The predicted octanol–water partition coefficient (Wildman–Crippen LogP) is 11.4. The largest absolute Gasteiger partial charge is 0.457 e. The van der Waals surface area contributed by atoms with Gasteiger partial charge in [0.05, 0.1) is 31.5 Å². The molecule has 0 fully saturated rings. The second-order valence-corrected chi connectivity index (χ2v) is 10.6. The van der Waals surface area contributed by atoms with Crippen molar-refractivity contribution in [3.8, 4) is 44.9 Å². The van der Waals surface area contributed by atoms with Crippen LogP contribution in [0.15, 0.2) is 162 Å². The number of fused-ring (bicyclic) bond motifs is 12. The lowest BCUT2D eigenvalue weighted by molar-refractivity contribution is 0.436. The molecule has 0 radical (unpaired) electrons. The first-order chi connectivity index (χ1) is 30.2. The van der Waals surface area contributed by atoms with Crippen LogP contribution in [0.1, 0.15) is 48.3 Å². The van der Waals surface area contributed by atoms with E-state index in [0.717, 1.165) is 0 Å². The Hall–Kier alpha value is -5.86. The van der Waals surface area contributed by atoms with Gasteiger partial charge in [-0.3, -0.25) is 0 Å². The van der Waals surface area contributed by atoms with Crippen molar-refractivity contribution in [3.63, 3.8) is 0 Å². The van der Waals surface area contributed by atoms with Crippen molar-refractivity contribution < 1.29 is 35.2 Å². The van der Waals surface area contributed by atoms with E-state index in [0.29, 0.717) is 21.9 Å². The van der Waals surface area contributed by atoms with E-state index in [2.05, 4.69) is 0 Å². The molecule has 2 aliphatic rings. The minimum atomic E-state index is -2.76. The highest BCUT2D eigenvalue weighted by Gasteiger charge is 2.51. The Labute approximate surface area is 287 Å². The standard InChI is InChI=1S/C43H26O2/c1-2-12-30(29(11-1)27-21-23-40-34(25-27)33-15-5-9-19-39(33)44-40)28-22-24-42-38(26-28)43(37-18-8-10-20-41(37)45-42)35-16-6-3-13-31(35)32-14-4-7-17-36(32)43/h1-26H/i1D,2D,3D,4D,6D,7D,8D,10D,11D,12D,13D,14D,16D,17D,18D,20D,22D,24D,26D. The average molecular weight is 594 g/mol. The highest BCUT2D eigenvalue weighted by Crippen LogP contribution is 2.62. The lowest BCUT2D eigenvalue weighted by Crippen LogP contribution is -2.32. The molecule has 210 valence electrons. The summed E-state index contributed by atoms with van der Waals surface area (Å²) in [5.41, 5.74) is -6.24. The summed E-state index contributed by atoms with van der Waals surface area (Å²) < 4.78 is 186. The van der Waals surface area contributed by atoms with E-state index >= 15 is 0 Å². The van der Waals surface area contributed by atoms with Crippen molar-refractivity contribution in [2.75, 3.05) is 0 Å². The smallest absolute Gasteiger partial charge is 0.135 e. The van der Waals surface area contributed by atoms with Gasteiger partial charge in [-0.05, 0) is 80.8 Å². The van der Waals surface area contributed by atoms with Gasteiger partial charge < -0.3 is 9.15 Å². The summed E-state index contributed by atoms with van der Waals surface area (Å²) in [6.45, 7) is 0. The summed E-state index contributed by atoms with van der Waals surface area (Å²) in [5, 5.41) is 1.22. The Morgan fingerprint density at radius 1 is 0.467 bits per heavy atom. The second kappa shape index (κ2) is 9.07. The molecule has 1 aliphatic carbocycles. The number of benzene rings is 7. The Morgan fingerprint density at radius 2 is 1.07 bits per heavy atom. The quantitative estimate of drug-likeness (QED) is 0.199. The number of hydrogen-bond donors (Lipinski definition) is 0. The molecule has 0 saturated carbocycles. The Kier molecular flexibility index (Phi) is 2.55. The van der Waals surface area contributed by atoms with Crippen LogP contribution in [0, 0.1) is 0 Å². The average Bonchev–Trinajstić information content (AvgIpc) is 3.81. The van der Waals surface area contributed by atoms with Crippen LogP contribution in [-0.2, 0) is 5.41 Å². The Balaban J connectivity index is 1.46. The van der Waals surface area contributed by atoms with Crippen molar-refractivity contribution in [2.24, 2.45) is 0 Å². The lowest BCUT2D eigenvalue weighted by atomic mass is 9.65. The van der Waals surface area contributed by atoms with Gasteiger partial charge in [-0.25, -0.2) is 0 Å². The molecule has 1 aliphatic heterocycles. The van der Waals surface area contributed by atoms with Gasteiger partial charge in [-0.15, -0.1) is 0 Å². The van der Waals surface area contributed by atoms with Crippen molar-refractivity contribution in [2.45, 2.75) is 5.41 Å². The molecular formula is C43H26O2. The van der Waals surface area contributed by atoms with Crippen molar-refractivity contribution in [1.29, 1.82) is 0 Å². The molecule has 0 bridgehead atoms. The van der Waals surface area contributed by atoms with Gasteiger partial charge in [0.15, 0.2) is 0 Å². The van der Waals surface area contributed by atoms with Crippen LogP contribution in [0.5, 0.6) is 11.5 Å². The third-order valence-electron chi connectivity index (χ3n) is 8.36. The molecular weight excluding hydrogens is 548 g/mol. The molecule has 0 atom stereocenters. The normalized spacial score (nSPS) is 19.6. The fourth-order valence-electron chi connectivity index (χ4n) is 6.51. The van der Waals surface area contributed by atoms with Crippen LogP contribution in [0.4, 0.5) is 0 Å². The second-order valence-electron chi connectivity index (χ2n) is 10.6. The minimum absolute atomic E-state index is 0.175. The van der Waals surface area contributed by atoms with Crippen LogP contribution in [-0.4, -0.2) is 0 Å². The van der Waals surface area contributed by atoms with E-state index in [1.807, 2.05) is 0 Å². The number of hydrogen-bond acceptors (Lipinski definition) is 2. The zero-order valence-electron chi connectivity index (χ0n) is 41.9. The SMILES string of the molecule is [2H]c1c([2H])c([2H])c2c(c1[2H])Oc1c([2H])c([2H])c(-c3c([2H])c([2H])c([2H])c([2H])c3-c3ccc4oc5ccccc5c4c3)c([2H])c1C21c2c([2H])c([2H])c([2H])c([2H])c2-c2c([2H])c([2H])c([2H])c([2H])c21. The molecule has 2 nitrogen and oxygen atoms in total. The van der Waals surface area contributed by atoms with E-state index in [1.165, 1.54) is 6.07 Å². The van der Waals surface area contributed by atoms with Gasteiger partial charge >= 0.3 is 0 Å². The number of para-hydroxylation sites is 2. The maximum absolute atomic E-state index is 10.2. The van der Waals surface area contributed by atoms with Crippen molar-refractivity contribution >= 4 is 21.9 Å². The highest BCUT2D eigenvalue weighted by molar-refractivity contribution is 6.06. The molecule has 0 unspecified atom stereocenters. The van der Waals surface area contributed by atoms with Gasteiger partial charge in [-0.2, -0.15) is 0 Å². The fourth-order valence-corrected chi connectivity index (χ4v) is 6.51. The number of ether oxygens (including phenoxy) is 1. The Bertz CT molecular complexity index is 3470. The van der Waals surface area contributed by atoms with Crippen LogP contribution >= 0.6 is 0 Å². The fraction of sp³-hybridized carbons (Fsp3) is 0.0233. The number of rotatable bonds is 2. The maximum Gasteiger partial charge on any atom is 0.135 e. The summed E-state index contributed by atoms with van der Waals surface area (Å²) in [6, 6.07) is -3.74. The molecule has 10 rings (SSSR count). The van der Waals surface area contributed by atoms with Crippen LogP contribution in [0.2, 0.25) is 0 Å². The van der Waals surface area contributed by atoms with Gasteiger partial charge in [0.25, 0.3) is 0 Å². The van der Waals surface area contributed by atoms with E-state index in [9.17, 15) is 11.0 Å². The molecule has 2 heterocycles. The van der Waals surface area contributed by atoms with Gasteiger partial charge in [0, 0.05) is 21.9 Å². The molecule has 7 aromatic carbocycles. The lowest BCUT2D eigenvalue weighted by Gasteiger charge is -2.39. The third kappa shape index (κ3) is 3.29. The summed E-state index contributed by atoms with van der Waals surface area (Å²) in [6.07, 6.45) is 0. The zero-order chi connectivity index (χ0) is 46.1. The molecule has 45 heavy (non-hydrogen) atoms. The van der Waals surface area contributed by atoms with Crippen LogP contribution in [0.3, 0.4) is 0 Å². The predicted molar refractivity (Wildman–Crippen MR) is 182 cm³/mol. The van der Waals surface area contributed by atoms with Gasteiger partial charge in [-0.1, -0.05) is 121 Å². The summed E-state index contributed by atoms with van der Waals surface area (Å²) in [7, 11) is 0. The molecule has 2 heteroatoms. The molecule has 1 spiro atoms. The third-order valence-corrected chi connectivity index (χ3v) is 8.36. The summed E-state index contributed by atoms with van der Waals surface area (Å²) >= 11 is 0. The molecule has 0 amide bonds. The monoisotopic (exact) mass is 593 g/mol. The van der Waals surface area contributed by atoms with Gasteiger partial charge in [0.2, 0.25) is 0 Å². The zero-order valence-corrected chi connectivity index (χ0v) is 22.9. The van der Waals surface area contributed by atoms with Crippen LogP contribution in [0.25, 0.3) is 55.3 Å². The van der Waals surface area contributed by atoms with Crippen molar-refractivity contribution in [3.05, 3.63) is 180 Å². The summed E-state index contributed by atoms with van der Waals surface area (Å²) in [4.78, 5) is 0. The first kappa shape index (κ1) is 12.6. The van der Waals surface area contributed by atoms with Gasteiger partial charge in [0.1, 0.15) is 22.7 Å². The van der Waals surface area contributed by atoms with E-state index < -0.39 is 176 Å².